The summed E-state index contributed by atoms with van der Waals surface area (Å²) in [5, 5.41) is 9.38. The van der Waals surface area contributed by atoms with Crippen molar-refractivity contribution in [2.24, 2.45) is 7.05 Å². The molecule has 3 aromatic heterocycles. The number of pyridine rings is 1. The number of aryl methyl sites for hydroxylation is 1. The number of amides is 1. The topological polar surface area (TPSA) is 107 Å². The summed E-state index contributed by atoms with van der Waals surface area (Å²) in [4.78, 5) is 27.0. The maximum atomic E-state index is 11.9. The van der Waals surface area contributed by atoms with Crippen LogP contribution in [0.5, 0.6) is 17.4 Å². The molecule has 6 rings (SSSR count). The summed E-state index contributed by atoms with van der Waals surface area (Å²) in [6, 6.07) is 12.5. The maximum Gasteiger partial charge on any atom is 0.245 e. The van der Waals surface area contributed by atoms with E-state index in [2.05, 4.69) is 31.9 Å². The molecule has 0 aliphatic carbocycles. The van der Waals surface area contributed by atoms with Gasteiger partial charge in [0.05, 0.1) is 26.8 Å². The van der Waals surface area contributed by atoms with Crippen molar-refractivity contribution >= 4 is 62.6 Å². The van der Waals surface area contributed by atoms with Gasteiger partial charge in [-0.2, -0.15) is 5.10 Å². The van der Waals surface area contributed by atoms with Gasteiger partial charge in [-0.25, -0.2) is 15.0 Å². The molecule has 1 N–H and O–H groups in total. The first-order chi connectivity index (χ1) is 19.9. The van der Waals surface area contributed by atoms with Crippen LogP contribution >= 0.6 is 23.2 Å². The van der Waals surface area contributed by atoms with Crippen LogP contribution in [0.4, 0.5) is 11.5 Å². The Balaban J connectivity index is 1.20. The molecule has 1 aliphatic rings. The number of likely N-dealkylation sites (tertiary alicyclic amines) is 1. The van der Waals surface area contributed by atoms with E-state index in [1.165, 1.54) is 12.4 Å². The highest BCUT2D eigenvalue weighted by Crippen LogP contribution is 2.39. The van der Waals surface area contributed by atoms with E-state index in [0.29, 0.717) is 75.9 Å². The molecule has 1 fully saturated rings. The zero-order chi connectivity index (χ0) is 28.5. The second kappa shape index (κ2) is 11.2. The highest BCUT2D eigenvalue weighted by molar-refractivity contribution is 6.36. The molecular weight excluding hydrogens is 565 g/mol. The lowest BCUT2D eigenvalue weighted by Crippen LogP contribution is -2.41. The Labute approximate surface area is 245 Å². The fourth-order valence-electron chi connectivity index (χ4n) is 4.71. The smallest absolute Gasteiger partial charge is 0.245 e. The molecule has 0 unspecified atom stereocenters. The van der Waals surface area contributed by atoms with Crippen LogP contribution in [0.1, 0.15) is 12.8 Å². The molecule has 1 aliphatic heterocycles. The summed E-state index contributed by atoms with van der Waals surface area (Å²) >= 11 is 13.2. The van der Waals surface area contributed by atoms with E-state index < -0.39 is 0 Å². The second-order valence-corrected chi connectivity index (χ2v) is 10.4. The van der Waals surface area contributed by atoms with Crippen molar-refractivity contribution in [2.45, 2.75) is 18.9 Å². The van der Waals surface area contributed by atoms with Gasteiger partial charge in [0.15, 0.2) is 5.82 Å². The van der Waals surface area contributed by atoms with Crippen LogP contribution in [0.2, 0.25) is 10.0 Å². The zero-order valence-corrected chi connectivity index (χ0v) is 23.6. The number of aromatic nitrogens is 5. The number of piperidine rings is 1. The van der Waals surface area contributed by atoms with Gasteiger partial charge in [0, 0.05) is 62.8 Å². The SMILES string of the molecule is C=CC(=O)N1CCC(Oc2ccc3ncnc(Nc4cc(Cl)c(Oc5ccc6cn(C)nc6c5)cc4Cl)c3n2)CC1. The summed E-state index contributed by atoms with van der Waals surface area (Å²) in [5.41, 5.74) is 2.48. The Kier molecular flexibility index (Phi) is 7.34. The molecule has 1 amide bonds. The number of carbonyl (C=O) groups is 1. The van der Waals surface area contributed by atoms with Crippen molar-refractivity contribution in [2.75, 3.05) is 18.4 Å². The number of nitrogens with one attached hydrogen (secondary N) is 1. The highest BCUT2D eigenvalue weighted by Gasteiger charge is 2.23. The molecule has 4 heterocycles. The van der Waals surface area contributed by atoms with Crippen molar-refractivity contribution in [3.63, 3.8) is 0 Å². The lowest BCUT2D eigenvalue weighted by atomic mass is 10.1. The Bertz CT molecular complexity index is 1780. The van der Waals surface area contributed by atoms with E-state index in [9.17, 15) is 4.79 Å². The van der Waals surface area contributed by atoms with Crippen molar-refractivity contribution < 1.29 is 14.3 Å². The minimum absolute atomic E-state index is 0.0611. The van der Waals surface area contributed by atoms with Crippen LogP contribution in [0, 0.1) is 0 Å². The van der Waals surface area contributed by atoms with Crippen LogP contribution < -0.4 is 14.8 Å². The Morgan fingerprint density at radius 3 is 2.71 bits per heavy atom. The van der Waals surface area contributed by atoms with Gasteiger partial charge in [-0.3, -0.25) is 9.48 Å². The fraction of sp³-hybridized carbons (Fsp3) is 0.207. The van der Waals surface area contributed by atoms with E-state index >= 15 is 0 Å². The molecule has 10 nitrogen and oxygen atoms in total. The Morgan fingerprint density at radius 2 is 1.90 bits per heavy atom. The first kappa shape index (κ1) is 26.8. The molecule has 0 saturated carbocycles. The number of hydrogen-bond acceptors (Lipinski definition) is 8. The van der Waals surface area contributed by atoms with Crippen LogP contribution in [-0.2, 0) is 11.8 Å². The van der Waals surface area contributed by atoms with E-state index in [1.807, 2.05) is 37.5 Å². The molecule has 0 bridgehead atoms. The lowest BCUT2D eigenvalue weighted by Gasteiger charge is -2.31. The summed E-state index contributed by atoms with van der Waals surface area (Å²) in [5.74, 6) is 1.82. The van der Waals surface area contributed by atoms with Gasteiger partial charge in [0.1, 0.15) is 29.4 Å². The second-order valence-electron chi connectivity index (χ2n) is 9.60. The molecule has 5 aromatic rings. The Hall–Kier alpha value is -4.41. The molecule has 12 heteroatoms. The first-order valence-corrected chi connectivity index (χ1v) is 13.7. The van der Waals surface area contributed by atoms with Gasteiger partial charge in [-0.1, -0.05) is 29.8 Å². The first-order valence-electron chi connectivity index (χ1n) is 12.9. The van der Waals surface area contributed by atoms with Crippen molar-refractivity contribution in [1.82, 2.24) is 29.6 Å². The third-order valence-electron chi connectivity index (χ3n) is 6.77. The molecule has 0 spiro atoms. The average Bonchev–Trinajstić information content (AvgIpc) is 3.35. The van der Waals surface area contributed by atoms with Gasteiger partial charge in [-0.15, -0.1) is 0 Å². The number of benzene rings is 2. The van der Waals surface area contributed by atoms with Gasteiger partial charge in [-0.05, 0) is 30.3 Å². The van der Waals surface area contributed by atoms with Crippen molar-refractivity contribution in [3.05, 3.63) is 77.7 Å². The number of carbonyl (C=O) groups excluding carboxylic acids is 1. The molecular formula is C29H25Cl2N7O3. The van der Waals surface area contributed by atoms with Crippen LogP contribution in [0.3, 0.4) is 0 Å². The number of ether oxygens (including phenoxy) is 2. The Morgan fingerprint density at radius 1 is 1.07 bits per heavy atom. The molecule has 2 aromatic carbocycles. The molecule has 0 atom stereocenters. The number of anilines is 2. The largest absolute Gasteiger partial charge is 0.474 e. The fourth-order valence-corrected chi connectivity index (χ4v) is 5.12. The van der Waals surface area contributed by atoms with E-state index in [0.717, 1.165) is 10.9 Å². The minimum atomic E-state index is -0.0653. The third-order valence-corrected chi connectivity index (χ3v) is 7.38. The van der Waals surface area contributed by atoms with Crippen LogP contribution in [0.15, 0.2) is 67.6 Å². The van der Waals surface area contributed by atoms with Gasteiger partial charge in [0.25, 0.3) is 0 Å². The summed E-state index contributed by atoms with van der Waals surface area (Å²) in [6.07, 6.45) is 6.06. The predicted octanol–water partition coefficient (Wildman–Crippen LogP) is 6.31. The van der Waals surface area contributed by atoms with Crippen LogP contribution in [-0.4, -0.2) is 54.7 Å². The highest BCUT2D eigenvalue weighted by atomic mass is 35.5. The van der Waals surface area contributed by atoms with Crippen LogP contribution in [0.25, 0.3) is 21.9 Å². The maximum absolute atomic E-state index is 11.9. The summed E-state index contributed by atoms with van der Waals surface area (Å²) in [6.45, 7) is 4.77. The molecule has 41 heavy (non-hydrogen) atoms. The normalized spacial score (nSPS) is 13.9. The molecule has 0 radical (unpaired) electrons. The van der Waals surface area contributed by atoms with Gasteiger partial charge < -0.3 is 19.7 Å². The zero-order valence-electron chi connectivity index (χ0n) is 22.1. The van der Waals surface area contributed by atoms with Crippen molar-refractivity contribution in [1.29, 1.82) is 0 Å². The summed E-state index contributed by atoms with van der Waals surface area (Å²) in [7, 11) is 1.87. The number of halogens is 2. The number of rotatable bonds is 7. The number of hydrogen-bond donors (Lipinski definition) is 1. The minimum Gasteiger partial charge on any atom is -0.474 e. The van der Waals surface area contributed by atoms with Gasteiger partial charge >= 0.3 is 0 Å². The van der Waals surface area contributed by atoms with E-state index in [4.69, 9.17) is 32.7 Å². The molecule has 208 valence electrons. The average molecular weight is 590 g/mol. The quantitative estimate of drug-likeness (QED) is 0.220. The summed E-state index contributed by atoms with van der Waals surface area (Å²) < 4.78 is 13.9. The number of nitrogens with zero attached hydrogens (tertiary/aromatic N) is 6. The third kappa shape index (κ3) is 5.75. The van der Waals surface area contributed by atoms with E-state index in [-0.39, 0.29) is 12.0 Å². The predicted molar refractivity (Wildman–Crippen MR) is 158 cm³/mol. The number of fused-ring (bicyclic) bond motifs is 2. The monoisotopic (exact) mass is 589 g/mol. The van der Waals surface area contributed by atoms with Crippen molar-refractivity contribution in [3.8, 4) is 17.4 Å². The molecule has 1 saturated heterocycles. The standard InChI is InChI=1S/C29H25Cl2N7O3/c1-3-27(39)38-10-8-18(9-11-38)41-26-7-6-22-28(35-26)29(33-16-32-22)34-24-13-21(31)25(14-20(24)30)40-19-5-4-17-15-37(2)36-23(17)12-19/h3-7,12-16,18H,1,8-11H2,2H3,(H,32,33,34). The van der Waals surface area contributed by atoms with Gasteiger partial charge in [0.2, 0.25) is 11.8 Å². The lowest BCUT2D eigenvalue weighted by molar-refractivity contribution is -0.127. The van der Waals surface area contributed by atoms with E-state index in [1.54, 1.807) is 27.8 Å².